The van der Waals surface area contributed by atoms with Gasteiger partial charge in [0.25, 0.3) is 0 Å². The molecule has 1 saturated heterocycles. The summed E-state index contributed by atoms with van der Waals surface area (Å²) in [6, 6.07) is 3.21. The summed E-state index contributed by atoms with van der Waals surface area (Å²) in [5, 5.41) is 0. The molecule has 0 unspecified atom stereocenters. The fourth-order valence-electron chi connectivity index (χ4n) is 3.16. The van der Waals surface area contributed by atoms with Crippen LogP contribution in [0.15, 0.2) is 17.0 Å². The Labute approximate surface area is 143 Å². The number of likely N-dealkylation sites (tertiary alicyclic amines) is 1. The normalized spacial score (nSPS) is 18.7. The van der Waals surface area contributed by atoms with Gasteiger partial charge in [-0.05, 0) is 38.9 Å². The molecule has 0 radical (unpaired) electrons. The van der Waals surface area contributed by atoms with Crippen LogP contribution in [-0.2, 0) is 9.84 Å². The summed E-state index contributed by atoms with van der Waals surface area (Å²) in [4.78, 5) is 14.9. The van der Waals surface area contributed by atoms with E-state index in [-0.39, 0.29) is 22.1 Å². The van der Waals surface area contributed by atoms with Crippen LogP contribution in [0.3, 0.4) is 0 Å². The van der Waals surface area contributed by atoms with Gasteiger partial charge in [0.1, 0.15) is 5.75 Å². The highest BCUT2D eigenvalue weighted by Gasteiger charge is 2.25. The lowest BCUT2D eigenvalue weighted by atomic mass is 10.0. The van der Waals surface area contributed by atoms with E-state index in [1.54, 1.807) is 6.92 Å². The third kappa shape index (κ3) is 3.89. The molecule has 0 saturated carbocycles. The van der Waals surface area contributed by atoms with Crippen molar-refractivity contribution in [3.8, 4) is 5.75 Å². The predicted octanol–water partition coefficient (Wildman–Crippen LogP) is 2.13. The van der Waals surface area contributed by atoms with Crippen LogP contribution >= 0.6 is 0 Å². The van der Waals surface area contributed by atoms with E-state index in [1.807, 2.05) is 0 Å². The molecular weight excluding hydrogens is 328 g/mol. The van der Waals surface area contributed by atoms with Crippen LogP contribution in [0.25, 0.3) is 0 Å². The first-order valence-electron chi connectivity index (χ1n) is 8.23. The molecule has 6 nitrogen and oxygen atoms in total. The summed E-state index contributed by atoms with van der Waals surface area (Å²) >= 11 is 0. The number of ketones is 1. The number of anilines is 1. The number of carbonyl (C=O) groups excluding carboxylic acids is 1. The third-order valence-electron chi connectivity index (χ3n) is 4.72. The van der Waals surface area contributed by atoms with E-state index in [9.17, 15) is 13.2 Å². The molecule has 1 atom stereocenters. The minimum atomic E-state index is -3.49. The number of rotatable bonds is 7. The fourth-order valence-corrected chi connectivity index (χ4v) is 4.19. The van der Waals surface area contributed by atoms with E-state index in [0.717, 1.165) is 25.8 Å². The zero-order valence-electron chi connectivity index (χ0n) is 14.5. The second-order valence-electron chi connectivity index (χ2n) is 6.23. The smallest absolute Gasteiger partial charge is 0.180 e. The molecule has 1 aromatic rings. The van der Waals surface area contributed by atoms with Crippen LogP contribution in [0.5, 0.6) is 5.75 Å². The van der Waals surface area contributed by atoms with Gasteiger partial charge in [-0.3, -0.25) is 4.79 Å². The van der Waals surface area contributed by atoms with Gasteiger partial charge in [-0.2, -0.15) is 0 Å². The lowest BCUT2D eigenvalue weighted by Crippen LogP contribution is -2.25. The Morgan fingerprint density at radius 1 is 1.42 bits per heavy atom. The number of ether oxygens (including phenoxy) is 1. The van der Waals surface area contributed by atoms with E-state index in [2.05, 4.69) is 11.9 Å². The minimum Gasteiger partial charge on any atom is -0.496 e. The first-order chi connectivity index (χ1) is 11.3. The summed E-state index contributed by atoms with van der Waals surface area (Å²) in [6.45, 7) is 2.61. The van der Waals surface area contributed by atoms with Crippen molar-refractivity contribution in [1.29, 1.82) is 0 Å². The van der Waals surface area contributed by atoms with Crippen molar-refractivity contribution >= 4 is 21.3 Å². The number of Topliss-reactive ketones (excluding diaryl/α,β-unsaturated/α-hetero) is 1. The standard InChI is InChI=1S/C17H26N2O4S/c1-4-24(21,22)17-10-13(16(23-3)11-14(17)18)15(20)8-7-12-6-5-9-19(12)2/h10-12H,4-9,18H2,1-3H3/t12-/m1/s1. The van der Waals surface area contributed by atoms with Crippen LogP contribution in [-0.4, -0.2) is 51.6 Å². The van der Waals surface area contributed by atoms with Crippen molar-refractivity contribution in [2.45, 2.75) is 43.5 Å². The maximum absolute atomic E-state index is 12.6. The van der Waals surface area contributed by atoms with Crippen LogP contribution in [0, 0.1) is 0 Å². The van der Waals surface area contributed by atoms with Crippen LogP contribution in [0.2, 0.25) is 0 Å². The minimum absolute atomic E-state index is 0.00661. The molecule has 7 heteroatoms. The van der Waals surface area contributed by atoms with Gasteiger partial charge in [-0.15, -0.1) is 0 Å². The molecule has 1 aromatic carbocycles. The highest BCUT2D eigenvalue weighted by molar-refractivity contribution is 7.91. The molecule has 1 aliphatic rings. The summed E-state index contributed by atoms with van der Waals surface area (Å²) < 4.78 is 29.6. The summed E-state index contributed by atoms with van der Waals surface area (Å²) in [5.74, 6) is 0.149. The van der Waals surface area contributed by atoms with E-state index in [0.29, 0.717) is 23.8 Å². The number of carbonyl (C=O) groups is 1. The molecule has 2 rings (SSSR count). The Hall–Kier alpha value is -1.60. The van der Waals surface area contributed by atoms with Gasteiger partial charge in [-0.1, -0.05) is 6.92 Å². The molecule has 0 amide bonds. The summed E-state index contributed by atoms with van der Waals surface area (Å²) in [5.41, 5.74) is 6.25. The van der Waals surface area contributed by atoms with Crippen molar-refractivity contribution in [2.75, 3.05) is 32.2 Å². The van der Waals surface area contributed by atoms with Crippen LogP contribution in [0.1, 0.15) is 43.0 Å². The largest absolute Gasteiger partial charge is 0.496 e. The van der Waals surface area contributed by atoms with Gasteiger partial charge < -0.3 is 15.4 Å². The predicted molar refractivity (Wildman–Crippen MR) is 94.3 cm³/mol. The number of benzene rings is 1. The van der Waals surface area contributed by atoms with Gasteiger partial charge >= 0.3 is 0 Å². The summed E-state index contributed by atoms with van der Waals surface area (Å²) in [6.07, 6.45) is 3.37. The number of hydrogen-bond acceptors (Lipinski definition) is 6. The molecule has 1 heterocycles. The topological polar surface area (TPSA) is 89.7 Å². The van der Waals surface area contributed by atoms with Crippen LogP contribution < -0.4 is 10.5 Å². The van der Waals surface area contributed by atoms with E-state index in [4.69, 9.17) is 10.5 Å². The Bertz CT molecular complexity index is 716. The SMILES string of the molecule is CCS(=O)(=O)c1cc(C(=O)CC[C@H]2CCCN2C)c(OC)cc1N. The average molecular weight is 354 g/mol. The van der Waals surface area contributed by atoms with E-state index < -0.39 is 9.84 Å². The second-order valence-corrected chi connectivity index (χ2v) is 8.48. The van der Waals surface area contributed by atoms with Crippen molar-refractivity contribution in [3.05, 3.63) is 17.7 Å². The Balaban J connectivity index is 2.27. The summed E-state index contributed by atoms with van der Waals surface area (Å²) in [7, 11) is 0.0258. The molecular formula is C17H26N2O4S. The Morgan fingerprint density at radius 3 is 2.67 bits per heavy atom. The van der Waals surface area contributed by atoms with E-state index in [1.165, 1.54) is 19.2 Å². The molecule has 134 valence electrons. The van der Waals surface area contributed by atoms with E-state index >= 15 is 0 Å². The molecule has 0 bridgehead atoms. The number of methoxy groups -OCH3 is 1. The van der Waals surface area contributed by atoms with Crippen molar-refractivity contribution in [3.63, 3.8) is 0 Å². The molecule has 1 aliphatic heterocycles. The molecule has 0 spiro atoms. The first-order valence-corrected chi connectivity index (χ1v) is 9.89. The Morgan fingerprint density at radius 2 is 2.12 bits per heavy atom. The third-order valence-corrected chi connectivity index (χ3v) is 6.51. The van der Waals surface area contributed by atoms with Gasteiger partial charge in [0, 0.05) is 18.5 Å². The van der Waals surface area contributed by atoms with Gasteiger partial charge in [-0.25, -0.2) is 8.42 Å². The maximum atomic E-state index is 12.6. The number of hydrogen-bond donors (Lipinski definition) is 1. The zero-order chi connectivity index (χ0) is 17.9. The Kier molecular flexibility index (Phi) is 5.87. The second kappa shape index (κ2) is 7.53. The number of sulfone groups is 1. The molecule has 24 heavy (non-hydrogen) atoms. The van der Waals surface area contributed by atoms with Gasteiger partial charge in [0.15, 0.2) is 15.6 Å². The first kappa shape index (κ1) is 18.7. The number of nitrogen functional groups attached to an aromatic ring is 1. The molecule has 0 aromatic heterocycles. The van der Waals surface area contributed by atoms with Gasteiger partial charge in [0.05, 0.1) is 29.0 Å². The quantitative estimate of drug-likeness (QED) is 0.596. The highest BCUT2D eigenvalue weighted by Crippen LogP contribution is 2.31. The lowest BCUT2D eigenvalue weighted by Gasteiger charge is -2.19. The highest BCUT2D eigenvalue weighted by atomic mass is 32.2. The molecule has 2 N–H and O–H groups in total. The van der Waals surface area contributed by atoms with Crippen LogP contribution in [0.4, 0.5) is 5.69 Å². The molecule has 0 aliphatic carbocycles. The van der Waals surface area contributed by atoms with Crippen molar-refractivity contribution in [1.82, 2.24) is 4.90 Å². The van der Waals surface area contributed by atoms with Crippen molar-refractivity contribution in [2.24, 2.45) is 0 Å². The average Bonchev–Trinajstić information content (AvgIpc) is 2.97. The lowest BCUT2D eigenvalue weighted by molar-refractivity contribution is 0.0967. The fraction of sp³-hybridized carbons (Fsp3) is 0.588. The monoisotopic (exact) mass is 354 g/mol. The van der Waals surface area contributed by atoms with Crippen molar-refractivity contribution < 1.29 is 17.9 Å². The molecule has 1 fully saturated rings. The maximum Gasteiger partial charge on any atom is 0.180 e. The number of nitrogens with zero attached hydrogens (tertiary/aromatic N) is 1. The van der Waals surface area contributed by atoms with Gasteiger partial charge in [0.2, 0.25) is 0 Å². The number of nitrogens with two attached hydrogens (primary N) is 1. The zero-order valence-corrected chi connectivity index (χ0v) is 15.4.